The number of nitrogens with one attached hydrogen (secondary N) is 1. The van der Waals surface area contributed by atoms with Crippen LogP contribution in [0.2, 0.25) is 0 Å². The minimum Gasteiger partial charge on any atom is -0.327 e. The summed E-state index contributed by atoms with van der Waals surface area (Å²) >= 11 is 3.44. The highest BCUT2D eigenvalue weighted by Gasteiger charge is 2.29. The summed E-state index contributed by atoms with van der Waals surface area (Å²) in [6, 6.07) is 5.93. The van der Waals surface area contributed by atoms with Gasteiger partial charge in [-0.3, -0.25) is 4.79 Å². The number of anilines is 1. The van der Waals surface area contributed by atoms with Crippen LogP contribution in [-0.4, -0.2) is 11.9 Å². The molecule has 1 unspecified atom stereocenters. The first-order valence-electron chi connectivity index (χ1n) is 6.44. The Bertz CT molecular complexity index is 443. The van der Waals surface area contributed by atoms with Crippen molar-refractivity contribution in [1.82, 2.24) is 0 Å². The normalized spacial score (nSPS) is 16.4. The number of halogens is 1. The van der Waals surface area contributed by atoms with Crippen molar-refractivity contribution in [3.8, 4) is 0 Å². The van der Waals surface area contributed by atoms with Crippen molar-refractivity contribution in [2.24, 2.45) is 11.7 Å². The van der Waals surface area contributed by atoms with Crippen molar-refractivity contribution < 1.29 is 4.79 Å². The van der Waals surface area contributed by atoms with E-state index in [-0.39, 0.29) is 11.9 Å². The van der Waals surface area contributed by atoms with Crippen molar-refractivity contribution in [1.29, 1.82) is 0 Å². The Kier molecular flexibility index (Phi) is 4.40. The van der Waals surface area contributed by atoms with E-state index in [9.17, 15) is 4.79 Å². The van der Waals surface area contributed by atoms with Crippen LogP contribution in [0.1, 0.15) is 31.7 Å². The van der Waals surface area contributed by atoms with Gasteiger partial charge in [-0.15, -0.1) is 0 Å². The minimum atomic E-state index is 0.0190. The van der Waals surface area contributed by atoms with Crippen LogP contribution in [0.4, 0.5) is 5.69 Å². The fourth-order valence-electron chi connectivity index (χ4n) is 2.08. The van der Waals surface area contributed by atoms with E-state index in [1.165, 1.54) is 12.8 Å². The Morgan fingerprint density at radius 1 is 1.56 bits per heavy atom. The van der Waals surface area contributed by atoms with Crippen molar-refractivity contribution in [3.63, 3.8) is 0 Å². The van der Waals surface area contributed by atoms with Gasteiger partial charge in [-0.2, -0.15) is 0 Å². The van der Waals surface area contributed by atoms with Crippen molar-refractivity contribution >= 4 is 27.5 Å². The van der Waals surface area contributed by atoms with Gasteiger partial charge in [0.2, 0.25) is 5.91 Å². The molecular formula is C14H19BrN2O. The summed E-state index contributed by atoms with van der Waals surface area (Å²) in [5, 5.41) is 2.96. The molecule has 1 amide bonds. The van der Waals surface area contributed by atoms with Gasteiger partial charge in [0.1, 0.15) is 0 Å². The quantitative estimate of drug-likeness (QED) is 0.878. The molecule has 0 radical (unpaired) electrons. The molecule has 4 heteroatoms. The van der Waals surface area contributed by atoms with Crippen LogP contribution >= 0.6 is 15.9 Å². The van der Waals surface area contributed by atoms with Gasteiger partial charge in [0.25, 0.3) is 0 Å². The zero-order chi connectivity index (χ0) is 13.1. The Morgan fingerprint density at radius 2 is 2.28 bits per heavy atom. The number of rotatable bonds is 5. The van der Waals surface area contributed by atoms with Crippen LogP contribution in [0, 0.1) is 5.92 Å². The second kappa shape index (κ2) is 5.85. The number of carbonyl (C=O) groups is 1. The van der Waals surface area contributed by atoms with Crippen molar-refractivity contribution in [2.75, 3.05) is 5.32 Å². The monoisotopic (exact) mass is 310 g/mol. The second-order valence-corrected chi connectivity index (χ2v) is 5.82. The molecule has 2 rings (SSSR count). The highest BCUT2D eigenvalue weighted by atomic mass is 79.9. The molecule has 1 saturated carbocycles. The summed E-state index contributed by atoms with van der Waals surface area (Å²) in [5.74, 6) is 0.581. The Labute approximate surface area is 116 Å². The summed E-state index contributed by atoms with van der Waals surface area (Å²) in [7, 11) is 0. The maximum Gasteiger partial charge on any atom is 0.225 e. The molecular weight excluding hydrogens is 292 g/mol. The molecule has 0 aliphatic heterocycles. The lowest BCUT2D eigenvalue weighted by atomic mass is 10.1. The van der Waals surface area contributed by atoms with Crippen molar-refractivity contribution in [2.45, 2.75) is 38.6 Å². The highest BCUT2D eigenvalue weighted by molar-refractivity contribution is 9.10. The number of carbonyl (C=O) groups excluding carboxylic acids is 1. The molecule has 18 heavy (non-hydrogen) atoms. The molecule has 0 spiro atoms. The lowest BCUT2D eigenvalue weighted by Crippen LogP contribution is -2.29. The third kappa shape index (κ3) is 3.56. The van der Waals surface area contributed by atoms with Crippen LogP contribution in [0.3, 0.4) is 0 Å². The van der Waals surface area contributed by atoms with E-state index in [4.69, 9.17) is 5.73 Å². The van der Waals surface area contributed by atoms with Gasteiger partial charge >= 0.3 is 0 Å². The van der Waals surface area contributed by atoms with Crippen LogP contribution in [0.25, 0.3) is 0 Å². The average molecular weight is 311 g/mol. The summed E-state index contributed by atoms with van der Waals surface area (Å²) < 4.78 is 1.03. The molecule has 3 nitrogen and oxygen atoms in total. The standard InChI is InChI=1S/C14H19BrN2O/c1-2-9-7-11(15)5-6-13(9)17-14(18)8-12(16)10-3-4-10/h5-7,10,12H,2-4,8,16H2,1H3,(H,17,18). The Balaban J connectivity index is 1.97. The SMILES string of the molecule is CCc1cc(Br)ccc1NC(=O)CC(N)C1CC1. The van der Waals surface area contributed by atoms with Crippen LogP contribution in [0.15, 0.2) is 22.7 Å². The zero-order valence-corrected chi connectivity index (χ0v) is 12.2. The third-order valence-electron chi connectivity index (χ3n) is 3.37. The van der Waals surface area contributed by atoms with Gasteiger partial charge in [0.05, 0.1) is 0 Å². The number of amides is 1. The first-order chi connectivity index (χ1) is 8.60. The van der Waals surface area contributed by atoms with Crippen LogP contribution in [0.5, 0.6) is 0 Å². The summed E-state index contributed by atoms with van der Waals surface area (Å²) in [4.78, 5) is 11.9. The van der Waals surface area contributed by atoms with Crippen LogP contribution < -0.4 is 11.1 Å². The number of hydrogen-bond acceptors (Lipinski definition) is 2. The highest BCUT2D eigenvalue weighted by Crippen LogP contribution is 2.33. The molecule has 1 aliphatic carbocycles. The number of benzene rings is 1. The van der Waals surface area contributed by atoms with Gasteiger partial charge < -0.3 is 11.1 Å². The molecule has 0 bridgehead atoms. The first kappa shape index (κ1) is 13.6. The van der Waals surface area contributed by atoms with Gasteiger partial charge in [-0.1, -0.05) is 22.9 Å². The predicted octanol–water partition coefficient (Wildman–Crippen LogP) is 3.08. The molecule has 0 saturated heterocycles. The topological polar surface area (TPSA) is 55.1 Å². The summed E-state index contributed by atoms with van der Waals surface area (Å²) in [5.41, 5.74) is 7.99. The smallest absolute Gasteiger partial charge is 0.225 e. The Morgan fingerprint density at radius 3 is 2.89 bits per heavy atom. The number of nitrogens with two attached hydrogens (primary N) is 1. The number of hydrogen-bond donors (Lipinski definition) is 2. The minimum absolute atomic E-state index is 0.0190. The molecule has 0 aromatic heterocycles. The molecule has 1 aromatic rings. The van der Waals surface area contributed by atoms with Crippen LogP contribution in [-0.2, 0) is 11.2 Å². The third-order valence-corrected chi connectivity index (χ3v) is 3.86. The molecule has 1 fully saturated rings. The maximum absolute atomic E-state index is 11.9. The van der Waals surface area contributed by atoms with Crippen molar-refractivity contribution in [3.05, 3.63) is 28.2 Å². The van der Waals surface area contributed by atoms with E-state index in [0.29, 0.717) is 12.3 Å². The van der Waals surface area contributed by atoms with E-state index in [2.05, 4.69) is 28.2 Å². The molecule has 98 valence electrons. The molecule has 1 aliphatic rings. The van der Waals surface area contributed by atoms with E-state index in [0.717, 1.165) is 22.1 Å². The van der Waals surface area contributed by atoms with Gasteiger partial charge in [0.15, 0.2) is 0 Å². The molecule has 1 aromatic carbocycles. The maximum atomic E-state index is 11.9. The largest absolute Gasteiger partial charge is 0.327 e. The molecule has 3 N–H and O–H groups in total. The lowest BCUT2D eigenvalue weighted by Gasteiger charge is -2.13. The molecule has 0 heterocycles. The van der Waals surface area contributed by atoms with Gasteiger partial charge in [0, 0.05) is 22.6 Å². The average Bonchev–Trinajstić information content (AvgIpc) is 3.15. The zero-order valence-electron chi connectivity index (χ0n) is 10.6. The van der Waals surface area contributed by atoms with E-state index < -0.39 is 0 Å². The predicted molar refractivity (Wildman–Crippen MR) is 77.5 cm³/mol. The fourth-order valence-corrected chi connectivity index (χ4v) is 2.49. The summed E-state index contributed by atoms with van der Waals surface area (Å²) in [6.07, 6.45) is 3.66. The second-order valence-electron chi connectivity index (χ2n) is 4.91. The first-order valence-corrected chi connectivity index (χ1v) is 7.23. The van der Waals surface area contributed by atoms with E-state index in [1.54, 1.807) is 0 Å². The fraction of sp³-hybridized carbons (Fsp3) is 0.500. The lowest BCUT2D eigenvalue weighted by molar-refractivity contribution is -0.116. The Hall–Kier alpha value is -0.870. The van der Waals surface area contributed by atoms with E-state index in [1.807, 2.05) is 18.2 Å². The number of aryl methyl sites for hydroxylation is 1. The van der Waals surface area contributed by atoms with Gasteiger partial charge in [-0.05, 0) is 48.9 Å². The van der Waals surface area contributed by atoms with Gasteiger partial charge in [-0.25, -0.2) is 0 Å². The van der Waals surface area contributed by atoms with E-state index >= 15 is 0 Å². The molecule has 1 atom stereocenters. The summed E-state index contributed by atoms with van der Waals surface area (Å²) in [6.45, 7) is 2.08.